The molecule has 12 atom stereocenters. The summed E-state index contributed by atoms with van der Waals surface area (Å²) in [4.78, 5) is 53.6. The lowest BCUT2D eigenvalue weighted by molar-refractivity contribution is -0.220. The number of carbonyl (C=O) groups is 4. The summed E-state index contributed by atoms with van der Waals surface area (Å²) < 4.78 is 29.3. The smallest absolute Gasteiger partial charge is 0.404 e. The van der Waals surface area contributed by atoms with Crippen LogP contribution in [0.5, 0.6) is 0 Å². The third-order valence-corrected chi connectivity index (χ3v) is 19.7. The molecule has 7 aliphatic rings. The summed E-state index contributed by atoms with van der Waals surface area (Å²) in [6.45, 7) is 19.1. The van der Waals surface area contributed by atoms with Crippen LogP contribution in [0.4, 0.5) is 4.79 Å². The van der Waals surface area contributed by atoms with Crippen molar-refractivity contribution in [3.05, 3.63) is 70.1 Å². The lowest BCUT2D eigenvalue weighted by Gasteiger charge is -2.68. The molecule has 1 unspecified atom stereocenters. The molecule has 3 saturated carbocycles. The second-order valence-corrected chi connectivity index (χ2v) is 23.8. The zero-order chi connectivity index (χ0) is 52.4. The van der Waals surface area contributed by atoms with E-state index in [1.54, 1.807) is 25.2 Å². The van der Waals surface area contributed by atoms with E-state index < -0.39 is 59.4 Å². The van der Waals surface area contributed by atoms with Crippen molar-refractivity contribution >= 4 is 23.6 Å². The van der Waals surface area contributed by atoms with Crippen molar-refractivity contribution in [1.82, 2.24) is 10.6 Å². The average Bonchev–Trinajstić information content (AvgIpc) is 3.87. The average molecular weight is 1000 g/mol. The van der Waals surface area contributed by atoms with Gasteiger partial charge in [0, 0.05) is 68.6 Å². The van der Waals surface area contributed by atoms with Crippen molar-refractivity contribution in [2.24, 2.45) is 45.1 Å². The molecule has 14 heteroatoms. The molecule has 2 heterocycles. The van der Waals surface area contributed by atoms with Crippen LogP contribution in [-0.4, -0.2) is 104 Å². The number of hydrogen-bond acceptors (Lipinski definition) is 12. The zero-order valence-electron chi connectivity index (χ0n) is 45.1. The van der Waals surface area contributed by atoms with Crippen molar-refractivity contribution in [2.45, 2.75) is 194 Å². The molecule has 400 valence electrons. The number of primary amides is 1. The van der Waals surface area contributed by atoms with E-state index in [4.69, 9.17) is 29.4 Å². The van der Waals surface area contributed by atoms with Crippen LogP contribution < -0.4 is 16.4 Å². The molecule has 0 aromatic carbocycles. The molecule has 2 bridgehead atoms. The van der Waals surface area contributed by atoms with Crippen LogP contribution >= 0.6 is 0 Å². The Morgan fingerprint density at radius 3 is 2.31 bits per heavy atom. The minimum atomic E-state index is -0.966. The number of Topliss-reactive ketones (excluding diaryl/α,β-unsaturated/α-hetero) is 1. The Kier molecular flexibility index (Phi) is 17.1. The van der Waals surface area contributed by atoms with Gasteiger partial charge >= 0.3 is 6.09 Å². The molecule has 4 fully saturated rings. The zero-order valence-corrected chi connectivity index (χ0v) is 45.1. The number of aliphatic hydroxyl groups excluding tert-OH is 1. The van der Waals surface area contributed by atoms with Crippen LogP contribution in [-0.2, 0) is 38.1 Å². The Hall–Kier alpha value is -3.92. The number of rotatable bonds is 11. The van der Waals surface area contributed by atoms with Crippen molar-refractivity contribution in [3.63, 3.8) is 0 Å². The second kappa shape index (κ2) is 22.1. The topological polar surface area (TPSA) is 205 Å². The molecule has 1 saturated heterocycles. The van der Waals surface area contributed by atoms with Gasteiger partial charge < -0.3 is 50.3 Å². The van der Waals surface area contributed by atoms with E-state index in [0.717, 1.165) is 89.0 Å². The van der Waals surface area contributed by atoms with E-state index in [2.05, 4.69) is 44.4 Å². The number of ether oxygens (including phenoxy) is 5. The highest BCUT2D eigenvalue weighted by Crippen LogP contribution is 2.77. The van der Waals surface area contributed by atoms with E-state index in [1.165, 1.54) is 25.9 Å². The number of nitrogens with two attached hydrogens (primary N) is 1. The highest BCUT2D eigenvalue weighted by molar-refractivity contribution is 6.23. The van der Waals surface area contributed by atoms with E-state index in [9.17, 15) is 29.4 Å². The molecule has 7 rings (SSSR count). The van der Waals surface area contributed by atoms with Crippen LogP contribution in [0, 0.1) is 39.4 Å². The second-order valence-electron chi connectivity index (χ2n) is 23.8. The van der Waals surface area contributed by atoms with Gasteiger partial charge in [0.25, 0.3) is 5.91 Å². The number of carbonyl (C=O) groups excluding carboxylic acids is 4. The summed E-state index contributed by atoms with van der Waals surface area (Å²) in [5.74, 6) is -1.94. The van der Waals surface area contributed by atoms with Gasteiger partial charge in [0.15, 0.2) is 5.79 Å². The first-order chi connectivity index (χ1) is 34.0. The highest BCUT2D eigenvalue weighted by atomic mass is 16.7. The first-order valence-electron chi connectivity index (χ1n) is 27.0. The first kappa shape index (κ1) is 55.8. The Balaban J connectivity index is 0.998. The fraction of sp³-hybridized carbons (Fsp3) is 0.724. The molecule has 0 radical (unpaired) electrons. The SMILES string of the molecule is CO[C@H]1/C=C\C=C(/C)C(=O)NC2=CC(=O)C(NCCCCCC[C@]3(O)CC[C@@]4(C)C5CC=C6CC7(CC[C@]6(C)[C@@]5(C)CC[C@]34C)OCCO7)=C(C[C@H](C)C[C@H](OC)[C@@H](O)[C@H](C)/C=C(\C)C[C@@H]1OC(N)=O)C2=O. The Morgan fingerprint density at radius 2 is 1.61 bits per heavy atom. The number of allylic oxidation sites excluding steroid dienone is 5. The fourth-order valence-corrected chi connectivity index (χ4v) is 14.8. The standard InChI is InChI=1S/C58H87N3O11/c1-36-30-39(4)49(63)46(69-10)33-37(2)31-41-48(43(62)34-42(50(41)64)61-51(65)38(3)16-15-17-44(68-9)45(32-36)72-52(59)66)60-27-14-12-11-13-20-57(67)25-22-55(7)47-19-18-40-35-58(70-28-29-71-58)26-23-53(40,5)54(47,6)21-24-56(55,57)8/h15-18,30,34,37,39,44-47,49,60,63,67H,11-14,19-29,31-33,35H2,1-10H3,(H2,59,66)(H,61,65)/b17-15-,36-30+,38-16+/t37-,39+,44-,45-,46-,47?,49-,53-,54-,55-,56-,57-/m0/s1. The number of aliphatic hydroxyl groups is 2. The predicted octanol–water partition coefficient (Wildman–Crippen LogP) is 8.91. The van der Waals surface area contributed by atoms with Gasteiger partial charge in [-0.1, -0.05) is 102 Å². The molecule has 5 aliphatic carbocycles. The molecule has 6 N–H and O–H groups in total. The van der Waals surface area contributed by atoms with Gasteiger partial charge in [-0.15, -0.1) is 0 Å². The first-order valence-corrected chi connectivity index (χ1v) is 27.0. The summed E-state index contributed by atoms with van der Waals surface area (Å²) in [6.07, 6.45) is 19.4. The molecule has 0 aromatic rings. The number of ketones is 2. The van der Waals surface area contributed by atoms with Gasteiger partial charge in [0.1, 0.15) is 12.2 Å². The molecule has 2 amide bonds. The van der Waals surface area contributed by atoms with Crippen molar-refractivity contribution in [1.29, 1.82) is 0 Å². The minimum absolute atomic E-state index is 0.0189. The molecule has 72 heavy (non-hydrogen) atoms. The summed E-state index contributed by atoms with van der Waals surface area (Å²) in [6, 6.07) is 0. The normalized spacial score (nSPS) is 40.6. The quantitative estimate of drug-likeness (QED) is 0.0748. The van der Waals surface area contributed by atoms with E-state index in [0.29, 0.717) is 32.1 Å². The monoisotopic (exact) mass is 1000 g/mol. The lowest BCUT2D eigenvalue weighted by Crippen LogP contribution is -2.63. The number of fused-ring (bicyclic) bond motifs is 7. The lowest BCUT2D eigenvalue weighted by atomic mass is 9.36. The van der Waals surface area contributed by atoms with Crippen molar-refractivity contribution in [2.75, 3.05) is 34.0 Å². The van der Waals surface area contributed by atoms with Gasteiger partial charge in [-0.2, -0.15) is 0 Å². The number of unbranched alkanes of at least 4 members (excludes halogenated alkanes) is 3. The van der Waals surface area contributed by atoms with Gasteiger partial charge in [-0.05, 0) is 106 Å². The number of methoxy groups -OCH3 is 2. The van der Waals surface area contributed by atoms with Crippen LogP contribution in [0.1, 0.15) is 158 Å². The molecule has 2 aliphatic heterocycles. The number of hydrogen-bond donors (Lipinski definition) is 5. The fourth-order valence-electron chi connectivity index (χ4n) is 14.8. The Morgan fingerprint density at radius 1 is 0.903 bits per heavy atom. The van der Waals surface area contributed by atoms with Gasteiger partial charge in [0.05, 0.1) is 42.4 Å². The molecular formula is C58H87N3O11. The maximum absolute atomic E-state index is 14.3. The number of nitrogens with one attached hydrogen (secondary N) is 2. The summed E-state index contributed by atoms with van der Waals surface area (Å²) >= 11 is 0. The van der Waals surface area contributed by atoms with E-state index in [-0.39, 0.29) is 68.9 Å². The minimum Gasteiger partial charge on any atom is -0.443 e. The third-order valence-electron chi connectivity index (χ3n) is 19.7. The summed E-state index contributed by atoms with van der Waals surface area (Å²) in [7, 11) is 3.00. The van der Waals surface area contributed by atoms with Gasteiger partial charge in [-0.3, -0.25) is 14.4 Å². The maximum atomic E-state index is 14.3. The van der Waals surface area contributed by atoms with E-state index in [1.807, 2.05) is 26.8 Å². The molecular weight excluding hydrogens is 915 g/mol. The third kappa shape index (κ3) is 10.7. The Bertz CT molecular complexity index is 2260. The number of amides is 2. The molecule has 1 spiro atoms. The maximum Gasteiger partial charge on any atom is 0.404 e. The molecule has 0 aromatic heterocycles. The summed E-state index contributed by atoms with van der Waals surface area (Å²) in [5.41, 5.74) is 7.77. The summed E-state index contributed by atoms with van der Waals surface area (Å²) in [5, 5.41) is 30.3. The van der Waals surface area contributed by atoms with E-state index >= 15 is 0 Å². The predicted molar refractivity (Wildman–Crippen MR) is 276 cm³/mol. The van der Waals surface area contributed by atoms with Gasteiger partial charge in [-0.25, -0.2) is 4.79 Å². The highest BCUT2D eigenvalue weighted by Gasteiger charge is 2.72. The van der Waals surface area contributed by atoms with Crippen LogP contribution in [0.2, 0.25) is 0 Å². The van der Waals surface area contributed by atoms with Crippen LogP contribution in [0.3, 0.4) is 0 Å². The molecule has 14 nitrogen and oxygen atoms in total. The Labute approximate surface area is 429 Å². The van der Waals surface area contributed by atoms with Crippen molar-refractivity contribution < 1.29 is 53.1 Å². The van der Waals surface area contributed by atoms with Gasteiger partial charge in [0.2, 0.25) is 11.6 Å². The van der Waals surface area contributed by atoms with Crippen LogP contribution in [0.25, 0.3) is 0 Å². The van der Waals surface area contributed by atoms with Crippen LogP contribution in [0.15, 0.2) is 70.1 Å². The largest absolute Gasteiger partial charge is 0.443 e. The van der Waals surface area contributed by atoms with Crippen molar-refractivity contribution in [3.8, 4) is 0 Å².